The van der Waals surface area contributed by atoms with Crippen LogP contribution in [0.4, 0.5) is 13.2 Å². The van der Waals surface area contributed by atoms with Gasteiger partial charge in [0.25, 0.3) is 0 Å². The highest BCUT2D eigenvalue weighted by Crippen LogP contribution is 2.37. The number of ether oxygens (including phenoxy) is 1. The summed E-state index contributed by atoms with van der Waals surface area (Å²) in [7, 11) is 1.18. The number of carbonyl (C=O) groups excluding carboxylic acids is 1. The van der Waals surface area contributed by atoms with Gasteiger partial charge in [-0.1, -0.05) is 6.42 Å². The third kappa shape index (κ3) is 4.65. The monoisotopic (exact) mass is 283 g/mol. The molecular weight excluding hydrogens is 263 g/mol. The average molecular weight is 283 g/mol. The minimum Gasteiger partial charge on any atom is -0.468 e. The zero-order valence-electron chi connectivity index (χ0n) is 11.0. The van der Waals surface area contributed by atoms with E-state index in [2.05, 4.69) is 10.1 Å². The molecule has 0 aromatic carbocycles. The van der Waals surface area contributed by atoms with Gasteiger partial charge >= 0.3 is 12.1 Å². The molecule has 0 unspecified atom stereocenters. The minimum absolute atomic E-state index is 0.0658. The second-order valence-electron chi connectivity index (χ2n) is 5.01. The molecule has 4 atom stereocenters. The molecule has 1 aliphatic carbocycles. The number of aliphatic hydroxyl groups is 1. The first-order valence-electron chi connectivity index (χ1n) is 6.34. The predicted molar refractivity (Wildman–Crippen MR) is 62.4 cm³/mol. The highest BCUT2D eigenvalue weighted by Gasteiger charge is 2.43. The third-order valence-electron chi connectivity index (χ3n) is 3.49. The Hall–Kier alpha value is -0.820. The van der Waals surface area contributed by atoms with Crippen molar-refractivity contribution < 1.29 is 27.8 Å². The van der Waals surface area contributed by atoms with Crippen LogP contribution in [0.5, 0.6) is 0 Å². The van der Waals surface area contributed by atoms with Crippen LogP contribution in [0.1, 0.15) is 32.6 Å². The van der Waals surface area contributed by atoms with E-state index in [0.717, 1.165) is 0 Å². The molecule has 7 heteroatoms. The second-order valence-corrected chi connectivity index (χ2v) is 5.01. The maximum atomic E-state index is 12.7. The van der Waals surface area contributed by atoms with Gasteiger partial charge in [0.1, 0.15) is 6.04 Å². The molecule has 0 aliphatic heterocycles. The molecule has 1 rings (SSSR count). The van der Waals surface area contributed by atoms with Gasteiger partial charge in [0, 0.05) is 6.04 Å². The number of alkyl halides is 3. The lowest BCUT2D eigenvalue weighted by Gasteiger charge is -2.33. The summed E-state index contributed by atoms with van der Waals surface area (Å²) < 4.78 is 42.5. The Morgan fingerprint density at radius 1 is 1.42 bits per heavy atom. The van der Waals surface area contributed by atoms with E-state index in [1.54, 1.807) is 0 Å². The van der Waals surface area contributed by atoms with E-state index >= 15 is 0 Å². The zero-order valence-corrected chi connectivity index (χ0v) is 11.0. The lowest BCUT2D eigenvalue weighted by Crippen LogP contribution is -2.51. The molecule has 0 aromatic rings. The molecule has 0 aromatic heterocycles. The van der Waals surface area contributed by atoms with E-state index in [4.69, 9.17) is 0 Å². The Labute approximate surface area is 110 Å². The number of carbonyl (C=O) groups is 1. The number of hydrogen-bond acceptors (Lipinski definition) is 4. The van der Waals surface area contributed by atoms with Gasteiger partial charge in [-0.05, 0) is 26.2 Å². The number of rotatable bonds is 4. The van der Waals surface area contributed by atoms with Crippen LogP contribution in [0.15, 0.2) is 0 Å². The fraction of sp³-hybridized carbons (Fsp3) is 0.917. The summed E-state index contributed by atoms with van der Waals surface area (Å²) in [6.45, 7) is 1.40. The quantitative estimate of drug-likeness (QED) is 0.770. The lowest BCUT2D eigenvalue weighted by molar-refractivity contribution is -0.184. The van der Waals surface area contributed by atoms with Crippen molar-refractivity contribution in [2.24, 2.45) is 5.92 Å². The van der Waals surface area contributed by atoms with Crippen LogP contribution in [-0.2, 0) is 9.53 Å². The number of nitrogens with one attached hydrogen (secondary N) is 1. The van der Waals surface area contributed by atoms with Crippen LogP contribution >= 0.6 is 0 Å². The second kappa shape index (κ2) is 6.56. The summed E-state index contributed by atoms with van der Waals surface area (Å²) >= 11 is 0. The van der Waals surface area contributed by atoms with Crippen LogP contribution in [0.3, 0.4) is 0 Å². The number of esters is 1. The lowest BCUT2D eigenvalue weighted by atomic mass is 9.85. The molecule has 0 amide bonds. The highest BCUT2D eigenvalue weighted by molar-refractivity contribution is 5.76. The van der Waals surface area contributed by atoms with Crippen LogP contribution in [0.2, 0.25) is 0 Å². The van der Waals surface area contributed by atoms with Crippen molar-refractivity contribution in [3.05, 3.63) is 0 Å². The van der Waals surface area contributed by atoms with E-state index in [0.29, 0.717) is 12.8 Å². The van der Waals surface area contributed by atoms with E-state index in [9.17, 15) is 23.1 Å². The summed E-state index contributed by atoms with van der Waals surface area (Å²) in [5.41, 5.74) is 0. The molecule has 0 saturated heterocycles. The molecule has 0 heterocycles. The fourth-order valence-corrected chi connectivity index (χ4v) is 2.42. The summed E-state index contributed by atoms with van der Waals surface area (Å²) in [6.07, 6.45) is -4.14. The highest BCUT2D eigenvalue weighted by atomic mass is 19.4. The normalized spacial score (nSPS) is 27.7. The van der Waals surface area contributed by atoms with Gasteiger partial charge in [0.2, 0.25) is 0 Å². The van der Waals surface area contributed by atoms with E-state index in [-0.39, 0.29) is 12.8 Å². The number of halogens is 3. The Morgan fingerprint density at radius 2 is 2.05 bits per heavy atom. The van der Waals surface area contributed by atoms with Gasteiger partial charge in [-0.15, -0.1) is 0 Å². The van der Waals surface area contributed by atoms with Gasteiger partial charge in [-0.3, -0.25) is 10.1 Å². The van der Waals surface area contributed by atoms with Crippen molar-refractivity contribution >= 4 is 5.97 Å². The first kappa shape index (κ1) is 16.2. The van der Waals surface area contributed by atoms with Crippen molar-refractivity contribution in [2.75, 3.05) is 7.11 Å². The maximum absolute atomic E-state index is 12.7. The standard InChI is InChI=1S/C12H20F3NO3/c1-7(17)10(11(18)19-2)16-9-5-3-4-8(6-9)12(13,14)15/h7-10,16-17H,3-6H2,1-2H3/t7-,8-,9-,10-/m1/s1. The topological polar surface area (TPSA) is 58.6 Å². The number of aliphatic hydroxyl groups excluding tert-OH is 1. The van der Waals surface area contributed by atoms with Gasteiger partial charge in [0.05, 0.1) is 19.1 Å². The zero-order chi connectivity index (χ0) is 14.6. The van der Waals surface area contributed by atoms with Gasteiger partial charge in [0.15, 0.2) is 0 Å². The fourth-order valence-electron chi connectivity index (χ4n) is 2.42. The molecule has 0 radical (unpaired) electrons. The Bertz CT molecular complexity index is 307. The summed E-state index contributed by atoms with van der Waals surface area (Å²) in [5, 5.41) is 12.3. The van der Waals surface area contributed by atoms with Crippen LogP contribution in [-0.4, -0.2) is 42.5 Å². The molecule has 1 fully saturated rings. The van der Waals surface area contributed by atoms with E-state index < -0.39 is 36.3 Å². The molecule has 0 spiro atoms. The largest absolute Gasteiger partial charge is 0.468 e. The SMILES string of the molecule is COC(=O)[C@H](N[C@@H]1CCC[C@@H](C(F)(F)F)C1)[C@@H](C)O. The first-order chi connectivity index (χ1) is 8.75. The molecular formula is C12H20F3NO3. The maximum Gasteiger partial charge on any atom is 0.391 e. The van der Waals surface area contributed by atoms with E-state index in [1.165, 1.54) is 14.0 Å². The van der Waals surface area contributed by atoms with E-state index in [1.807, 2.05) is 0 Å². The van der Waals surface area contributed by atoms with Crippen LogP contribution < -0.4 is 5.32 Å². The average Bonchev–Trinajstić information content (AvgIpc) is 2.34. The molecule has 19 heavy (non-hydrogen) atoms. The first-order valence-corrected chi connectivity index (χ1v) is 6.34. The van der Waals surface area contributed by atoms with Crippen molar-refractivity contribution in [1.82, 2.24) is 5.32 Å². The number of methoxy groups -OCH3 is 1. The van der Waals surface area contributed by atoms with Crippen molar-refractivity contribution in [2.45, 2.75) is 57.0 Å². The van der Waals surface area contributed by atoms with Crippen molar-refractivity contribution in [1.29, 1.82) is 0 Å². The van der Waals surface area contributed by atoms with Gasteiger partial charge < -0.3 is 9.84 Å². The predicted octanol–water partition coefficient (Wildman–Crippen LogP) is 1.62. The summed E-state index contributed by atoms with van der Waals surface area (Å²) in [6, 6.07) is -1.42. The smallest absolute Gasteiger partial charge is 0.391 e. The summed E-state index contributed by atoms with van der Waals surface area (Å²) in [4.78, 5) is 11.4. The Balaban J connectivity index is 2.62. The molecule has 0 bridgehead atoms. The van der Waals surface area contributed by atoms with Gasteiger partial charge in [-0.2, -0.15) is 13.2 Å². The minimum atomic E-state index is -4.20. The van der Waals surface area contributed by atoms with Crippen LogP contribution in [0.25, 0.3) is 0 Å². The molecule has 4 nitrogen and oxygen atoms in total. The van der Waals surface area contributed by atoms with Crippen molar-refractivity contribution in [3.63, 3.8) is 0 Å². The molecule has 1 aliphatic rings. The molecule has 2 N–H and O–H groups in total. The summed E-state index contributed by atoms with van der Waals surface area (Å²) in [5.74, 6) is -2.00. The van der Waals surface area contributed by atoms with Gasteiger partial charge in [-0.25, -0.2) is 0 Å². The molecule has 1 saturated carbocycles. The van der Waals surface area contributed by atoms with Crippen LogP contribution in [0, 0.1) is 5.92 Å². The molecule has 112 valence electrons. The van der Waals surface area contributed by atoms with Crippen molar-refractivity contribution in [3.8, 4) is 0 Å². The Kier molecular flexibility index (Phi) is 5.61. The third-order valence-corrected chi connectivity index (χ3v) is 3.49. The Morgan fingerprint density at radius 3 is 2.53 bits per heavy atom. The number of hydrogen-bond donors (Lipinski definition) is 2.